The first-order valence-corrected chi connectivity index (χ1v) is 13.4. The van der Waals surface area contributed by atoms with Crippen molar-refractivity contribution < 1.29 is 0 Å². The Morgan fingerprint density at radius 2 is 1.22 bits per heavy atom. The van der Waals surface area contributed by atoms with Gasteiger partial charge in [-0.25, -0.2) is 0 Å². The minimum Gasteiger partial charge on any atom is -0.317 e. The molecule has 6 nitrogen and oxygen atoms in total. The Labute approximate surface area is 206 Å². The van der Waals surface area contributed by atoms with E-state index in [-0.39, 0.29) is 12.4 Å². The highest BCUT2D eigenvalue weighted by Crippen LogP contribution is 2.24. The maximum Gasteiger partial charge on any atom is 0.0113 e. The third-order valence-corrected chi connectivity index (χ3v) is 7.88. The van der Waals surface area contributed by atoms with Crippen LogP contribution in [0.4, 0.5) is 0 Å². The summed E-state index contributed by atoms with van der Waals surface area (Å²) >= 11 is 0. The van der Waals surface area contributed by atoms with Crippen molar-refractivity contribution in [1.29, 1.82) is 0 Å². The van der Waals surface area contributed by atoms with Crippen molar-refractivity contribution in [3.63, 3.8) is 0 Å². The Bertz CT molecular complexity index is 432. The topological polar surface area (TPSA) is 45.8 Å². The molecule has 2 unspecified atom stereocenters. The number of rotatable bonds is 4. The number of hydrogen-bond acceptors (Lipinski definition) is 6. The fourth-order valence-electron chi connectivity index (χ4n) is 5.72. The Hall–Kier alpha value is 0.0500. The Kier molecular flexibility index (Phi) is 16.4. The summed E-state index contributed by atoms with van der Waals surface area (Å²) in [5.41, 5.74) is 0. The number of hydrogen-bond donors (Lipinski definition) is 3. The average molecular weight is 475 g/mol. The summed E-state index contributed by atoms with van der Waals surface area (Å²) in [4.78, 5) is 7.83. The van der Waals surface area contributed by atoms with Crippen molar-refractivity contribution in [2.75, 3.05) is 73.5 Å². The van der Waals surface area contributed by atoms with Gasteiger partial charge < -0.3 is 20.9 Å². The second kappa shape index (κ2) is 17.5. The quantitative estimate of drug-likeness (QED) is 0.582. The molecule has 2 atom stereocenters. The first-order chi connectivity index (χ1) is 15.2. The number of halogens is 1. The van der Waals surface area contributed by atoms with Gasteiger partial charge in [0.25, 0.3) is 0 Å². The smallest absolute Gasteiger partial charge is 0.0113 e. The van der Waals surface area contributed by atoms with Gasteiger partial charge in [-0.1, -0.05) is 20.3 Å². The molecule has 2 heterocycles. The monoisotopic (exact) mass is 474 g/mol. The van der Waals surface area contributed by atoms with Crippen LogP contribution in [0.2, 0.25) is 0 Å². The number of nitrogens with zero attached hydrogens (tertiary/aromatic N) is 3. The Morgan fingerprint density at radius 1 is 0.656 bits per heavy atom. The highest BCUT2D eigenvalue weighted by molar-refractivity contribution is 5.85. The van der Waals surface area contributed by atoms with Crippen LogP contribution in [0.15, 0.2) is 0 Å². The molecule has 2 aliphatic heterocycles. The predicted octanol–water partition coefficient (Wildman–Crippen LogP) is 2.63. The van der Waals surface area contributed by atoms with E-state index >= 15 is 0 Å². The lowest BCUT2D eigenvalue weighted by atomic mass is 9.89. The summed E-state index contributed by atoms with van der Waals surface area (Å²) in [6.07, 6.45) is 11.1. The maximum atomic E-state index is 3.44. The van der Waals surface area contributed by atoms with E-state index in [9.17, 15) is 0 Å². The SMILES string of the molecule is CC.CNC1CCC(N2CCNCC2)CC1.CNC1CCCC(N2CCN(C)CC2)C1.Cl. The van der Waals surface area contributed by atoms with Gasteiger partial charge in [-0.3, -0.25) is 9.80 Å². The van der Waals surface area contributed by atoms with Crippen LogP contribution in [0.1, 0.15) is 65.2 Å². The average Bonchev–Trinajstić information content (AvgIpc) is 2.87. The normalized spacial score (nSPS) is 32.5. The second-order valence-electron chi connectivity index (χ2n) is 9.73. The fourth-order valence-corrected chi connectivity index (χ4v) is 5.72. The molecule has 0 spiro atoms. The van der Waals surface area contributed by atoms with Crippen LogP contribution in [0.3, 0.4) is 0 Å². The van der Waals surface area contributed by atoms with E-state index in [1.54, 1.807) is 0 Å². The van der Waals surface area contributed by atoms with Gasteiger partial charge in [-0.15, -0.1) is 12.4 Å². The van der Waals surface area contributed by atoms with Crippen molar-refractivity contribution in [2.45, 2.75) is 89.4 Å². The van der Waals surface area contributed by atoms with Gasteiger partial charge in [0.05, 0.1) is 0 Å². The van der Waals surface area contributed by atoms with Gasteiger partial charge >= 0.3 is 0 Å². The summed E-state index contributed by atoms with van der Waals surface area (Å²) in [7, 11) is 6.43. The lowest BCUT2D eigenvalue weighted by molar-refractivity contribution is 0.0837. The van der Waals surface area contributed by atoms with Crippen molar-refractivity contribution in [3.8, 4) is 0 Å². The third kappa shape index (κ3) is 10.1. The summed E-state index contributed by atoms with van der Waals surface area (Å²) < 4.78 is 0. The van der Waals surface area contributed by atoms with Crippen molar-refractivity contribution in [3.05, 3.63) is 0 Å². The zero-order chi connectivity index (χ0) is 22.5. The molecule has 7 heteroatoms. The van der Waals surface area contributed by atoms with Crippen LogP contribution < -0.4 is 16.0 Å². The summed E-state index contributed by atoms with van der Waals surface area (Å²) in [6.45, 7) is 13.9. The molecule has 2 aliphatic carbocycles. The van der Waals surface area contributed by atoms with Crippen molar-refractivity contribution in [2.24, 2.45) is 0 Å². The van der Waals surface area contributed by atoms with E-state index < -0.39 is 0 Å². The molecule has 4 fully saturated rings. The molecule has 0 amide bonds. The van der Waals surface area contributed by atoms with Crippen molar-refractivity contribution >= 4 is 12.4 Å². The Balaban J connectivity index is 0.000000289. The largest absolute Gasteiger partial charge is 0.317 e. The van der Waals surface area contributed by atoms with E-state index in [0.29, 0.717) is 0 Å². The molecule has 4 rings (SSSR count). The molecule has 3 N–H and O–H groups in total. The van der Waals surface area contributed by atoms with Crippen molar-refractivity contribution in [1.82, 2.24) is 30.7 Å². The molecule has 2 saturated heterocycles. The van der Waals surface area contributed by atoms with E-state index in [1.165, 1.54) is 104 Å². The van der Waals surface area contributed by atoms with Crippen LogP contribution >= 0.6 is 12.4 Å². The van der Waals surface area contributed by atoms with Gasteiger partial charge in [0.2, 0.25) is 0 Å². The summed E-state index contributed by atoms with van der Waals surface area (Å²) in [5.74, 6) is 0. The van der Waals surface area contributed by atoms with Gasteiger partial charge in [-0.2, -0.15) is 0 Å². The molecule has 2 saturated carbocycles. The second-order valence-corrected chi connectivity index (χ2v) is 9.73. The molecular formula is C25H55ClN6. The summed E-state index contributed by atoms with van der Waals surface area (Å²) in [6, 6.07) is 3.28. The zero-order valence-electron chi connectivity index (χ0n) is 21.9. The van der Waals surface area contributed by atoms with Gasteiger partial charge in [0.15, 0.2) is 0 Å². The molecule has 0 aromatic heterocycles. The standard InChI is InChI=1S/C12H25N3.C11H23N3.C2H6.ClH/c1-13-11-4-3-5-12(10-11)15-8-6-14(2)7-9-15;1-12-10-2-4-11(5-3-10)14-8-6-13-7-9-14;1-2;/h11-13H,3-10H2,1-2H3;10-13H,2-9H2,1H3;1-2H3;1H. The molecule has 0 aromatic carbocycles. The molecular weight excluding hydrogens is 420 g/mol. The zero-order valence-corrected chi connectivity index (χ0v) is 22.7. The minimum atomic E-state index is 0. The van der Waals surface area contributed by atoms with E-state index in [1.807, 2.05) is 13.8 Å². The van der Waals surface area contributed by atoms with Gasteiger partial charge in [0.1, 0.15) is 0 Å². The van der Waals surface area contributed by atoms with Gasteiger partial charge in [0, 0.05) is 76.5 Å². The van der Waals surface area contributed by atoms with E-state index in [2.05, 4.69) is 51.8 Å². The van der Waals surface area contributed by atoms with Crippen LogP contribution in [0.5, 0.6) is 0 Å². The van der Waals surface area contributed by atoms with Gasteiger partial charge in [-0.05, 0) is 66.1 Å². The lowest BCUT2D eigenvalue weighted by Gasteiger charge is -2.41. The van der Waals surface area contributed by atoms with E-state index in [0.717, 1.165) is 24.2 Å². The molecule has 4 aliphatic rings. The molecule has 0 bridgehead atoms. The first kappa shape index (κ1) is 30.1. The molecule has 0 radical (unpaired) electrons. The molecule has 192 valence electrons. The highest BCUT2D eigenvalue weighted by Gasteiger charge is 2.28. The Morgan fingerprint density at radius 3 is 1.78 bits per heavy atom. The van der Waals surface area contributed by atoms with Crippen LogP contribution in [-0.2, 0) is 0 Å². The first-order valence-electron chi connectivity index (χ1n) is 13.4. The van der Waals surface area contributed by atoms with E-state index in [4.69, 9.17) is 0 Å². The van der Waals surface area contributed by atoms with Crippen LogP contribution in [0, 0.1) is 0 Å². The van der Waals surface area contributed by atoms with Crippen LogP contribution in [0.25, 0.3) is 0 Å². The lowest BCUT2D eigenvalue weighted by Crippen LogP contribution is -2.51. The number of piperazine rings is 2. The molecule has 0 aromatic rings. The predicted molar refractivity (Wildman–Crippen MR) is 142 cm³/mol. The molecule has 32 heavy (non-hydrogen) atoms. The third-order valence-electron chi connectivity index (χ3n) is 7.88. The fraction of sp³-hybridized carbons (Fsp3) is 1.00. The maximum absolute atomic E-state index is 3.44. The number of likely N-dealkylation sites (N-methyl/N-ethyl adjacent to an activating group) is 1. The number of nitrogens with one attached hydrogen (secondary N) is 3. The minimum absolute atomic E-state index is 0. The van der Waals surface area contributed by atoms with Crippen LogP contribution in [-0.4, -0.2) is 112 Å². The highest BCUT2D eigenvalue weighted by atomic mass is 35.5. The summed E-state index contributed by atoms with van der Waals surface area (Å²) in [5, 5.41) is 10.3.